The van der Waals surface area contributed by atoms with Crippen LogP contribution in [-0.4, -0.2) is 28.5 Å². The Labute approximate surface area is 180 Å². The summed E-state index contributed by atoms with van der Waals surface area (Å²) in [5.74, 6) is 0.371. The van der Waals surface area contributed by atoms with E-state index in [9.17, 15) is 4.79 Å². The molecule has 6 heteroatoms. The minimum absolute atomic E-state index is 0.342. The van der Waals surface area contributed by atoms with Crippen molar-refractivity contribution in [2.24, 2.45) is 5.10 Å². The molecule has 0 saturated carbocycles. The zero-order valence-electron chi connectivity index (χ0n) is 17.1. The fraction of sp³-hybridized carbons (Fsp3) is 0.0800. The van der Waals surface area contributed by atoms with E-state index in [0.29, 0.717) is 23.6 Å². The average molecular weight is 410 g/mol. The third kappa shape index (κ3) is 4.70. The van der Waals surface area contributed by atoms with Crippen molar-refractivity contribution in [3.63, 3.8) is 0 Å². The molecule has 3 aromatic carbocycles. The van der Waals surface area contributed by atoms with Gasteiger partial charge in [0, 0.05) is 17.3 Å². The van der Waals surface area contributed by atoms with Crippen molar-refractivity contribution in [2.45, 2.75) is 6.92 Å². The smallest absolute Gasteiger partial charge is 0.275 e. The van der Waals surface area contributed by atoms with E-state index in [2.05, 4.69) is 15.6 Å². The second kappa shape index (κ2) is 9.54. The van der Waals surface area contributed by atoms with Gasteiger partial charge in [-0.2, -0.15) is 10.2 Å². The number of carbonyl (C=O) groups is 1. The summed E-state index contributed by atoms with van der Waals surface area (Å²) in [5, 5.41) is 8.80. The summed E-state index contributed by atoms with van der Waals surface area (Å²) >= 11 is 0. The SMILES string of the molecule is CCOc1ccccc1/C=N/NC(=O)c1cn(-c2ccccc2)nc1-c1ccccc1. The fourth-order valence-corrected chi connectivity index (χ4v) is 3.16. The van der Waals surface area contributed by atoms with Crippen LogP contribution in [0.3, 0.4) is 0 Å². The van der Waals surface area contributed by atoms with Gasteiger partial charge < -0.3 is 4.74 Å². The maximum atomic E-state index is 13.0. The van der Waals surface area contributed by atoms with Crippen LogP contribution in [0.5, 0.6) is 5.75 Å². The predicted octanol–water partition coefficient (Wildman–Crippen LogP) is 4.70. The zero-order valence-corrected chi connectivity index (χ0v) is 17.1. The molecule has 154 valence electrons. The monoisotopic (exact) mass is 410 g/mol. The molecule has 0 aliphatic rings. The molecule has 4 rings (SSSR count). The van der Waals surface area contributed by atoms with Gasteiger partial charge in [-0.3, -0.25) is 4.79 Å². The minimum atomic E-state index is -0.342. The molecule has 0 atom stereocenters. The van der Waals surface area contributed by atoms with Crippen molar-refractivity contribution >= 4 is 12.1 Å². The topological polar surface area (TPSA) is 68.5 Å². The summed E-state index contributed by atoms with van der Waals surface area (Å²) in [4.78, 5) is 13.0. The summed E-state index contributed by atoms with van der Waals surface area (Å²) in [6.07, 6.45) is 3.30. The van der Waals surface area contributed by atoms with Gasteiger partial charge in [0.25, 0.3) is 5.91 Å². The first-order chi connectivity index (χ1) is 15.3. The number of ether oxygens (including phenoxy) is 1. The minimum Gasteiger partial charge on any atom is -0.493 e. The second-order valence-electron chi connectivity index (χ2n) is 6.71. The number of benzene rings is 3. The summed E-state index contributed by atoms with van der Waals surface area (Å²) < 4.78 is 7.29. The number of nitrogens with zero attached hydrogens (tertiary/aromatic N) is 3. The molecule has 0 fully saturated rings. The Bertz CT molecular complexity index is 1180. The molecule has 0 aliphatic carbocycles. The third-order valence-electron chi connectivity index (χ3n) is 4.62. The largest absolute Gasteiger partial charge is 0.493 e. The molecular weight excluding hydrogens is 388 g/mol. The molecule has 1 amide bonds. The Hall–Kier alpha value is -4.19. The molecular formula is C25H22N4O2. The van der Waals surface area contributed by atoms with Crippen LogP contribution in [0.25, 0.3) is 16.9 Å². The lowest BCUT2D eigenvalue weighted by Gasteiger charge is -2.06. The van der Waals surface area contributed by atoms with E-state index in [-0.39, 0.29) is 5.91 Å². The van der Waals surface area contributed by atoms with Gasteiger partial charge in [-0.1, -0.05) is 60.7 Å². The summed E-state index contributed by atoms with van der Waals surface area (Å²) in [6, 6.07) is 26.8. The Kier molecular flexibility index (Phi) is 6.18. The molecule has 4 aromatic rings. The molecule has 1 heterocycles. The number of hydrazone groups is 1. The number of aromatic nitrogens is 2. The summed E-state index contributed by atoms with van der Waals surface area (Å²) in [5.41, 5.74) is 6.15. The van der Waals surface area contributed by atoms with E-state index >= 15 is 0 Å². The molecule has 0 unspecified atom stereocenters. The van der Waals surface area contributed by atoms with E-state index in [4.69, 9.17) is 4.74 Å². The third-order valence-corrected chi connectivity index (χ3v) is 4.62. The van der Waals surface area contributed by atoms with Crippen LogP contribution in [0.4, 0.5) is 0 Å². The molecule has 0 spiro atoms. The van der Waals surface area contributed by atoms with Crippen molar-refractivity contribution in [3.05, 3.63) is 102 Å². The van der Waals surface area contributed by atoms with Gasteiger partial charge in [-0.25, -0.2) is 10.1 Å². The van der Waals surface area contributed by atoms with Gasteiger partial charge >= 0.3 is 0 Å². The van der Waals surface area contributed by atoms with Gasteiger partial charge in [0.15, 0.2) is 0 Å². The highest BCUT2D eigenvalue weighted by atomic mass is 16.5. The van der Waals surface area contributed by atoms with Gasteiger partial charge in [-0.15, -0.1) is 0 Å². The Morgan fingerprint density at radius 1 is 1.00 bits per heavy atom. The number of carbonyl (C=O) groups excluding carboxylic acids is 1. The van der Waals surface area contributed by atoms with Crippen LogP contribution in [0.1, 0.15) is 22.8 Å². The Morgan fingerprint density at radius 3 is 2.42 bits per heavy atom. The van der Waals surface area contributed by atoms with Crippen molar-refractivity contribution in [2.75, 3.05) is 6.61 Å². The normalized spacial score (nSPS) is 10.9. The number of nitrogens with one attached hydrogen (secondary N) is 1. The molecule has 0 saturated heterocycles. The summed E-state index contributed by atoms with van der Waals surface area (Å²) in [7, 11) is 0. The van der Waals surface area contributed by atoms with Crippen LogP contribution in [0, 0.1) is 0 Å². The van der Waals surface area contributed by atoms with Crippen molar-refractivity contribution in [1.29, 1.82) is 0 Å². The average Bonchev–Trinajstić information content (AvgIpc) is 3.27. The van der Waals surface area contributed by atoms with Crippen LogP contribution < -0.4 is 10.2 Å². The summed E-state index contributed by atoms with van der Waals surface area (Å²) in [6.45, 7) is 2.47. The highest BCUT2D eigenvalue weighted by molar-refractivity contribution is 6.00. The number of para-hydroxylation sites is 2. The fourth-order valence-electron chi connectivity index (χ4n) is 3.16. The quantitative estimate of drug-likeness (QED) is 0.355. The zero-order chi connectivity index (χ0) is 21.5. The first-order valence-electron chi connectivity index (χ1n) is 10.0. The van der Waals surface area contributed by atoms with E-state index in [0.717, 1.165) is 16.8 Å². The molecule has 31 heavy (non-hydrogen) atoms. The lowest BCUT2D eigenvalue weighted by atomic mass is 10.1. The molecule has 1 aromatic heterocycles. The van der Waals surface area contributed by atoms with E-state index in [1.54, 1.807) is 17.1 Å². The Balaban J connectivity index is 1.62. The van der Waals surface area contributed by atoms with E-state index in [1.165, 1.54) is 0 Å². The van der Waals surface area contributed by atoms with Crippen LogP contribution >= 0.6 is 0 Å². The second-order valence-corrected chi connectivity index (χ2v) is 6.71. The van der Waals surface area contributed by atoms with Gasteiger partial charge in [0.05, 0.1) is 24.1 Å². The lowest BCUT2D eigenvalue weighted by Crippen LogP contribution is -2.18. The van der Waals surface area contributed by atoms with E-state index in [1.807, 2.05) is 91.9 Å². The lowest BCUT2D eigenvalue weighted by molar-refractivity contribution is 0.0955. The highest BCUT2D eigenvalue weighted by Gasteiger charge is 2.18. The molecule has 0 aliphatic heterocycles. The van der Waals surface area contributed by atoms with Crippen molar-refractivity contribution < 1.29 is 9.53 Å². The first-order valence-corrected chi connectivity index (χ1v) is 10.0. The molecule has 0 bridgehead atoms. The van der Waals surface area contributed by atoms with Crippen LogP contribution in [0.15, 0.2) is 96.2 Å². The van der Waals surface area contributed by atoms with Gasteiger partial charge in [-0.05, 0) is 31.2 Å². The number of rotatable bonds is 7. The number of amides is 1. The molecule has 0 radical (unpaired) electrons. The maximum Gasteiger partial charge on any atom is 0.275 e. The van der Waals surface area contributed by atoms with Gasteiger partial charge in [0.1, 0.15) is 11.4 Å². The van der Waals surface area contributed by atoms with Gasteiger partial charge in [0.2, 0.25) is 0 Å². The van der Waals surface area contributed by atoms with Crippen molar-refractivity contribution in [1.82, 2.24) is 15.2 Å². The molecule has 1 N–H and O–H groups in total. The predicted molar refractivity (Wildman–Crippen MR) is 122 cm³/mol. The van der Waals surface area contributed by atoms with E-state index < -0.39 is 0 Å². The van der Waals surface area contributed by atoms with Crippen LogP contribution in [-0.2, 0) is 0 Å². The highest BCUT2D eigenvalue weighted by Crippen LogP contribution is 2.23. The first kappa shape index (κ1) is 20.1. The van der Waals surface area contributed by atoms with Crippen molar-refractivity contribution in [3.8, 4) is 22.7 Å². The number of hydrogen-bond donors (Lipinski definition) is 1. The Morgan fingerprint density at radius 2 is 1.68 bits per heavy atom. The molecule has 6 nitrogen and oxygen atoms in total. The number of hydrogen-bond acceptors (Lipinski definition) is 4. The maximum absolute atomic E-state index is 13.0. The van der Waals surface area contributed by atoms with Crippen LogP contribution in [0.2, 0.25) is 0 Å². The standard InChI is InChI=1S/C25H22N4O2/c1-2-31-23-16-10-9-13-20(23)17-26-27-25(30)22-18-29(21-14-7-4-8-15-21)28-24(22)19-11-5-3-6-12-19/h3-18H,2H2,1H3,(H,27,30)/b26-17+.